The van der Waals surface area contributed by atoms with E-state index in [1.807, 2.05) is 47.5 Å². The molecule has 5 nitrogen and oxygen atoms in total. The summed E-state index contributed by atoms with van der Waals surface area (Å²) >= 11 is 1.50. The van der Waals surface area contributed by atoms with Gasteiger partial charge >= 0.3 is 0 Å². The fraction of sp³-hybridized carbons (Fsp3) is 0.194. The van der Waals surface area contributed by atoms with Crippen LogP contribution in [0.4, 0.5) is 5.82 Å². The quantitative estimate of drug-likeness (QED) is 0.239. The van der Waals surface area contributed by atoms with Crippen LogP contribution in [0.25, 0.3) is 22.0 Å². The van der Waals surface area contributed by atoms with E-state index < -0.39 is 0 Å². The van der Waals surface area contributed by atoms with Crippen LogP contribution in [0.3, 0.4) is 0 Å². The van der Waals surface area contributed by atoms with Crippen molar-refractivity contribution in [3.8, 4) is 11.1 Å². The normalized spacial score (nSPS) is 11.1. The van der Waals surface area contributed by atoms with Gasteiger partial charge in [0.1, 0.15) is 12.1 Å². The molecule has 0 unspecified atom stereocenters. The average molecular weight is 507 g/mol. The molecule has 0 saturated heterocycles. The van der Waals surface area contributed by atoms with E-state index in [0.29, 0.717) is 13.1 Å². The lowest BCUT2D eigenvalue weighted by Crippen LogP contribution is -2.30. The Morgan fingerprint density at radius 3 is 2.41 bits per heavy atom. The molecule has 1 amide bonds. The highest BCUT2D eigenvalue weighted by Crippen LogP contribution is 2.29. The fourth-order valence-electron chi connectivity index (χ4n) is 4.43. The van der Waals surface area contributed by atoms with Crippen molar-refractivity contribution in [3.05, 3.63) is 112 Å². The first-order valence-corrected chi connectivity index (χ1v) is 13.3. The summed E-state index contributed by atoms with van der Waals surface area (Å²) in [7, 11) is 0. The monoisotopic (exact) mass is 506 g/mol. The maximum absolute atomic E-state index is 13.6. The van der Waals surface area contributed by atoms with Gasteiger partial charge < -0.3 is 10.2 Å². The van der Waals surface area contributed by atoms with Gasteiger partial charge in [0.15, 0.2) is 0 Å². The summed E-state index contributed by atoms with van der Waals surface area (Å²) in [5.74, 6) is 0.901. The van der Waals surface area contributed by atoms with Crippen molar-refractivity contribution in [2.75, 3.05) is 5.32 Å². The second kappa shape index (κ2) is 10.9. The number of anilines is 1. The second-order valence-electron chi connectivity index (χ2n) is 9.53. The number of amides is 1. The lowest BCUT2D eigenvalue weighted by atomic mass is 10.0. The third kappa shape index (κ3) is 5.70. The standard InChI is InChI=1S/C31H30N4OS/c1-21(2)34-30-27-17-26(12-13-28(27)32-20-33-30)25-11-7-10-24(16-25)19-35(18-23-8-5-4-6-9-23)31(36)29-22(3)14-15-37-29/h4-17,20-21H,18-19H2,1-3H3,(H,32,33,34). The number of hydrogen-bond donors (Lipinski definition) is 1. The highest BCUT2D eigenvalue weighted by atomic mass is 32.1. The third-order valence-electron chi connectivity index (χ3n) is 6.25. The van der Waals surface area contributed by atoms with E-state index in [1.165, 1.54) is 11.3 Å². The molecular formula is C31H30N4OS. The van der Waals surface area contributed by atoms with Gasteiger partial charge in [-0.05, 0) is 78.2 Å². The van der Waals surface area contributed by atoms with Gasteiger partial charge in [-0.1, -0.05) is 54.6 Å². The first-order chi connectivity index (χ1) is 18.0. The van der Waals surface area contributed by atoms with E-state index in [0.717, 1.165) is 49.4 Å². The molecule has 0 aliphatic rings. The van der Waals surface area contributed by atoms with E-state index in [-0.39, 0.29) is 11.9 Å². The minimum absolute atomic E-state index is 0.0639. The molecule has 5 aromatic rings. The summed E-state index contributed by atoms with van der Waals surface area (Å²) in [4.78, 5) is 25.2. The fourth-order valence-corrected chi connectivity index (χ4v) is 5.33. The molecule has 5 rings (SSSR count). The van der Waals surface area contributed by atoms with Crippen LogP contribution in [0, 0.1) is 6.92 Å². The molecule has 186 valence electrons. The Bertz CT molecular complexity index is 1530. The van der Waals surface area contributed by atoms with E-state index in [2.05, 4.69) is 77.7 Å². The van der Waals surface area contributed by atoms with Crippen molar-refractivity contribution in [3.63, 3.8) is 0 Å². The summed E-state index contributed by atoms with van der Waals surface area (Å²) in [5, 5.41) is 6.40. The Hall–Kier alpha value is -4.03. The maximum atomic E-state index is 13.6. The topological polar surface area (TPSA) is 58.1 Å². The zero-order valence-electron chi connectivity index (χ0n) is 21.3. The van der Waals surface area contributed by atoms with Crippen molar-refractivity contribution in [2.24, 2.45) is 0 Å². The lowest BCUT2D eigenvalue weighted by Gasteiger charge is -2.23. The summed E-state index contributed by atoms with van der Waals surface area (Å²) < 4.78 is 0. The molecule has 0 saturated carbocycles. The number of benzene rings is 3. The largest absolute Gasteiger partial charge is 0.367 e. The Labute approximate surface area is 221 Å². The highest BCUT2D eigenvalue weighted by molar-refractivity contribution is 7.12. The molecule has 0 fully saturated rings. The Morgan fingerprint density at radius 1 is 0.892 bits per heavy atom. The summed E-state index contributed by atoms with van der Waals surface area (Å²) in [6, 6.07) is 27.1. The van der Waals surface area contributed by atoms with Gasteiger partial charge in [-0.25, -0.2) is 9.97 Å². The number of carbonyl (C=O) groups excluding carboxylic acids is 1. The maximum Gasteiger partial charge on any atom is 0.264 e. The number of thiophene rings is 1. The van der Waals surface area contributed by atoms with Crippen molar-refractivity contribution < 1.29 is 4.79 Å². The minimum atomic E-state index is 0.0639. The number of carbonyl (C=O) groups is 1. The van der Waals surface area contributed by atoms with E-state index >= 15 is 0 Å². The molecule has 1 N–H and O–H groups in total. The molecule has 0 aliphatic heterocycles. The molecule has 3 aromatic carbocycles. The zero-order chi connectivity index (χ0) is 25.8. The van der Waals surface area contributed by atoms with Gasteiger partial charge in [-0.2, -0.15) is 0 Å². The van der Waals surface area contributed by atoms with Gasteiger partial charge in [-0.15, -0.1) is 11.3 Å². The van der Waals surface area contributed by atoms with Crippen LogP contribution in [0.5, 0.6) is 0 Å². The molecule has 0 atom stereocenters. The average Bonchev–Trinajstić information content (AvgIpc) is 3.34. The van der Waals surface area contributed by atoms with Gasteiger partial charge in [0.05, 0.1) is 10.4 Å². The molecule has 0 radical (unpaired) electrons. The molecule has 37 heavy (non-hydrogen) atoms. The number of aryl methyl sites for hydroxylation is 1. The smallest absolute Gasteiger partial charge is 0.264 e. The van der Waals surface area contributed by atoms with Crippen molar-refractivity contribution in [2.45, 2.75) is 39.9 Å². The number of aromatic nitrogens is 2. The summed E-state index contributed by atoms with van der Waals surface area (Å²) in [6.45, 7) is 7.27. The molecule has 0 aliphatic carbocycles. The molecule has 0 bridgehead atoms. The van der Waals surface area contributed by atoms with Crippen LogP contribution >= 0.6 is 11.3 Å². The minimum Gasteiger partial charge on any atom is -0.367 e. The predicted octanol–water partition coefficient (Wildman–Crippen LogP) is 7.33. The number of nitrogens with zero attached hydrogens (tertiary/aromatic N) is 3. The predicted molar refractivity (Wildman–Crippen MR) is 153 cm³/mol. The van der Waals surface area contributed by atoms with E-state index in [9.17, 15) is 4.79 Å². The first-order valence-electron chi connectivity index (χ1n) is 12.5. The van der Waals surface area contributed by atoms with Crippen LogP contribution in [-0.4, -0.2) is 26.8 Å². The highest BCUT2D eigenvalue weighted by Gasteiger charge is 2.20. The first kappa shape index (κ1) is 24.7. The van der Waals surface area contributed by atoms with Crippen LogP contribution in [0.1, 0.15) is 40.2 Å². The summed E-state index contributed by atoms with van der Waals surface area (Å²) in [5.41, 5.74) is 6.31. The molecule has 2 aromatic heterocycles. The van der Waals surface area contributed by atoms with Crippen LogP contribution in [-0.2, 0) is 13.1 Å². The number of hydrogen-bond acceptors (Lipinski definition) is 5. The van der Waals surface area contributed by atoms with E-state index in [4.69, 9.17) is 0 Å². The van der Waals surface area contributed by atoms with Gasteiger partial charge in [0, 0.05) is 24.5 Å². The third-order valence-corrected chi connectivity index (χ3v) is 7.26. The Kier molecular flexibility index (Phi) is 7.28. The number of fused-ring (bicyclic) bond motifs is 1. The summed E-state index contributed by atoms with van der Waals surface area (Å²) in [6.07, 6.45) is 1.60. The van der Waals surface area contributed by atoms with Gasteiger partial charge in [-0.3, -0.25) is 4.79 Å². The van der Waals surface area contributed by atoms with Gasteiger partial charge in [0.25, 0.3) is 5.91 Å². The second-order valence-corrected chi connectivity index (χ2v) is 10.4. The van der Waals surface area contributed by atoms with Gasteiger partial charge in [0.2, 0.25) is 0 Å². The molecule has 6 heteroatoms. The molecular weight excluding hydrogens is 476 g/mol. The van der Waals surface area contributed by atoms with E-state index in [1.54, 1.807) is 6.33 Å². The Morgan fingerprint density at radius 2 is 1.65 bits per heavy atom. The molecule has 2 heterocycles. The van der Waals surface area contributed by atoms with Crippen LogP contribution in [0.2, 0.25) is 0 Å². The van der Waals surface area contributed by atoms with Crippen molar-refractivity contribution >= 4 is 34.0 Å². The van der Waals surface area contributed by atoms with Crippen molar-refractivity contribution in [1.82, 2.24) is 14.9 Å². The number of rotatable bonds is 8. The lowest BCUT2D eigenvalue weighted by molar-refractivity contribution is 0.0734. The number of nitrogens with one attached hydrogen (secondary N) is 1. The van der Waals surface area contributed by atoms with Crippen molar-refractivity contribution in [1.29, 1.82) is 0 Å². The molecule has 0 spiro atoms. The van der Waals surface area contributed by atoms with Crippen LogP contribution in [0.15, 0.2) is 90.6 Å². The van der Waals surface area contributed by atoms with Crippen LogP contribution < -0.4 is 5.32 Å². The SMILES string of the molecule is Cc1ccsc1C(=O)N(Cc1ccccc1)Cc1cccc(-c2ccc3ncnc(NC(C)C)c3c2)c1. The Balaban J connectivity index is 1.47. The zero-order valence-corrected chi connectivity index (χ0v) is 22.1.